The van der Waals surface area contributed by atoms with Gasteiger partial charge in [-0.1, -0.05) is 178 Å². The normalized spacial score (nSPS) is 11.8. The Morgan fingerprint density at radius 3 is 1.76 bits per heavy atom. The zero-order chi connectivity index (χ0) is 46.7. The third kappa shape index (κ3) is 6.95. The summed E-state index contributed by atoms with van der Waals surface area (Å²) in [5.41, 5.74) is 15.2. The van der Waals surface area contributed by atoms with Crippen molar-refractivity contribution in [1.82, 2.24) is 18.7 Å². The monoisotopic (exact) mass is 901 g/mol. The van der Waals surface area contributed by atoms with Gasteiger partial charge >= 0.3 is 0 Å². The van der Waals surface area contributed by atoms with Crippen LogP contribution in [0, 0.1) is 12.2 Å². The van der Waals surface area contributed by atoms with Crippen LogP contribution < -0.4 is 9.30 Å². The van der Waals surface area contributed by atoms with Gasteiger partial charge < -0.3 is 9.30 Å². The molecule has 13 rings (SSSR count). The van der Waals surface area contributed by atoms with E-state index in [1.807, 2.05) is 12.3 Å². The number of pyridine rings is 1. The molecular formula is C64H47N5O. The lowest BCUT2D eigenvalue weighted by atomic mass is 9.95. The molecule has 6 heteroatoms. The highest BCUT2D eigenvalue weighted by Crippen LogP contribution is 2.43. The average Bonchev–Trinajstić information content (AvgIpc) is 4.07. The molecule has 0 saturated heterocycles. The number of para-hydroxylation sites is 6. The van der Waals surface area contributed by atoms with E-state index in [0.29, 0.717) is 17.4 Å². The van der Waals surface area contributed by atoms with Crippen LogP contribution >= 0.6 is 0 Å². The van der Waals surface area contributed by atoms with Gasteiger partial charge in [-0.2, -0.15) is 0 Å². The van der Waals surface area contributed by atoms with Gasteiger partial charge in [0.1, 0.15) is 17.3 Å². The maximum atomic E-state index is 7.15. The first kappa shape index (κ1) is 41.2. The minimum atomic E-state index is 0.509. The van der Waals surface area contributed by atoms with Crippen molar-refractivity contribution in [3.8, 4) is 56.6 Å². The Bertz CT molecular complexity index is 3990. The van der Waals surface area contributed by atoms with Crippen LogP contribution in [0.1, 0.15) is 19.4 Å². The molecule has 0 aliphatic heterocycles. The Labute approximate surface area is 406 Å². The van der Waals surface area contributed by atoms with Crippen LogP contribution in [0.15, 0.2) is 231 Å². The van der Waals surface area contributed by atoms with Crippen molar-refractivity contribution in [1.29, 1.82) is 0 Å². The molecule has 0 aliphatic rings. The summed E-state index contributed by atoms with van der Waals surface area (Å²) < 4.78 is 16.2. The lowest BCUT2D eigenvalue weighted by molar-refractivity contribution is -0.571. The number of fused-ring (bicyclic) bond motifs is 7. The fourth-order valence-electron chi connectivity index (χ4n) is 10.6. The second kappa shape index (κ2) is 17.0. The average molecular weight is 902 g/mol. The predicted molar refractivity (Wildman–Crippen MR) is 286 cm³/mol. The van der Waals surface area contributed by atoms with E-state index in [1.54, 1.807) is 0 Å². The summed E-state index contributed by atoms with van der Waals surface area (Å²) >= 11 is 0. The molecule has 0 N–H and O–H groups in total. The first-order valence-corrected chi connectivity index (χ1v) is 24.0. The fourth-order valence-corrected chi connectivity index (χ4v) is 10.6. The highest BCUT2D eigenvalue weighted by Gasteiger charge is 2.23. The van der Waals surface area contributed by atoms with E-state index in [0.717, 1.165) is 95.4 Å². The highest BCUT2D eigenvalue weighted by molar-refractivity contribution is 6.16. The smallest absolute Gasteiger partial charge is 0.269 e. The van der Waals surface area contributed by atoms with Crippen molar-refractivity contribution in [2.24, 2.45) is 5.92 Å². The second-order valence-corrected chi connectivity index (χ2v) is 18.5. The quantitative estimate of drug-likeness (QED) is 0.101. The van der Waals surface area contributed by atoms with E-state index in [2.05, 4.69) is 257 Å². The molecule has 9 aromatic carbocycles. The molecule has 0 atom stereocenters. The van der Waals surface area contributed by atoms with Crippen molar-refractivity contribution in [2.75, 3.05) is 0 Å². The van der Waals surface area contributed by atoms with Crippen LogP contribution in [0.25, 0.3) is 99.8 Å². The van der Waals surface area contributed by atoms with Crippen molar-refractivity contribution in [3.63, 3.8) is 0 Å². The van der Waals surface area contributed by atoms with Gasteiger partial charge in [0.2, 0.25) is 0 Å². The van der Waals surface area contributed by atoms with Crippen molar-refractivity contribution < 1.29 is 9.30 Å². The molecule has 0 aliphatic carbocycles. The molecule has 0 amide bonds. The van der Waals surface area contributed by atoms with E-state index in [4.69, 9.17) is 9.72 Å². The van der Waals surface area contributed by atoms with Crippen LogP contribution in [-0.4, -0.2) is 18.7 Å². The van der Waals surface area contributed by atoms with Crippen LogP contribution in [0.3, 0.4) is 0 Å². The molecule has 4 aromatic heterocycles. The van der Waals surface area contributed by atoms with Gasteiger partial charge in [0.25, 0.3) is 6.33 Å². The topological polar surface area (TPSA) is 40.8 Å². The fraction of sp³-hybridized carbons (Fsp3) is 0.0625. The number of imidazole rings is 1. The first-order chi connectivity index (χ1) is 34.6. The molecule has 0 bridgehead atoms. The predicted octanol–water partition coefficient (Wildman–Crippen LogP) is 15.6. The Balaban J connectivity index is 1.01. The number of nitrogens with zero attached hydrogens (tertiary/aromatic N) is 5. The van der Waals surface area contributed by atoms with E-state index in [9.17, 15) is 0 Å². The molecule has 13 aromatic rings. The first-order valence-electron chi connectivity index (χ1n) is 24.0. The lowest BCUT2D eigenvalue weighted by Gasteiger charge is -2.17. The molecule has 0 saturated carbocycles. The Hall–Kier alpha value is -9.00. The minimum absolute atomic E-state index is 0.509. The zero-order valence-corrected chi connectivity index (χ0v) is 38.9. The summed E-state index contributed by atoms with van der Waals surface area (Å²) in [7, 11) is 0. The minimum Gasteiger partial charge on any atom is -0.458 e. The molecule has 334 valence electrons. The number of hydrogen-bond acceptors (Lipinski definition) is 2. The molecule has 0 fully saturated rings. The number of ether oxygens (including phenoxy) is 1. The van der Waals surface area contributed by atoms with Gasteiger partial charge in [-0.25, -0.2) is 4.98 Å². The van der Waals surface area contributed by atoms with Crippen LogP contribution in [0.5, 0.6) is 11.5 Å². The molecular weight excluding hydrogens is 855 g/mol. The van der Waals surface area contributed by atoms with Crippen LogP contribution in [0.4, 0.5) is 0 Å². The molecule has 70 heavy (non-hydrogen) atoms. The van der Waals surface area contributed by atoms with E-state index >= 15 is 0 Å². The van der Waals surface area contributed by atoms with Gasteiger partial charge in [-0.05, 0) is 88.7 Å². The number of rotatable bonds is 10. The summed E-state index contributed by atoms with van der Waals surface area (Å²) in [4.78, 5) is 5.04. The van der Waals surface area contributed by atoms with Gasteiger partial charge in [-0.15, -0.1) is 0 Å². The largest absolute Gasteiger partial charge is 0.458 e. The Kier molecular flexibility index (Phi) is 9.98. The third-order valence-electron chi connectivity index (χ3n) is 13.5. The standard InChI is InChI=1S/C64H47N5O/c1-43(2)37-44-35-36-65-62(38-44)69-57-32-14-11-27-54(57)63-60(68-55-30-12-9-25-52(55)53-26-10-13-31-56(53)68)40-49(41-61(63)69)70-48-24-17-23-47(39-48)66-42-67(59-34-16-15-33-58(59)66)64-50(45-19-5-3-6-20-45)28-18-29-51(64)46-21-7-4-8-22-46/h3-36,38-41,43H,37H2,1-2H3. The molecule has 6 nitrogen and oxygen atoms in total. The summed E-state index contributed by atoms with van der Waals surface area (Å²) in [5, 5.41) is 4.67. The van der Waals surface area contributed by atoms with Crippen molar-refractivity contribution in [2.45, 2.75) is 20.3 Å². The van der Waals surface area contributed by atoms with E-state index in [-0.39, 0.29) is 0 Å². The SMILES string of the molecule is CC(C)Cc1ccnc(-n2c3ccccc3c3c(-n4c5ccccc5c5ccccc54)cc(Oc4cccc(-n5[c-][n+](-c6c(-c7ccccc7)cccc6-c6ccccc6)c6ccccc65)c4)cc32)c1. The van der Waals surface area contributed by atoms with Crippen LogP contribution in [0.2, 0.25) is 0 Å². The zero-order valence-electron chi connectivity index (χ0n) is 38.9. The third-order valence-corrected chi connectivity index (χ3v) is 13.5. The summed E-state index contributed by atoms with van der Waals surface area (Å²) in [6.45, 7) is 4.52. The number of aromatic nitrogens is 5. The van der Waals surface area contributed by atoms with Crippen molar-refractivity contribution in [3.05, 3.63) is 243 Å². The summed E-state index contributed by atoms with van der Waals surface area (Å²) in [6, 6.07) is 79.6. The number of hydrogen-bond donors (Lipinski definition) is 0. The molecule has 0 radical (unpaired) electrons. The van der Waals surface area contributed by atoms with Crippen LogP contribution in [-0.2, 0) is 6.42 Å². The second-order valence-electron chi connectivity index (χ2n) is 18.5. The molecule has 0 unspecified atom stereocenters. The van der Waals surface area contributed by atoms with Crippen molar-refractivity contribution >= 4 is 54.6 Å². The van der Waals surface area contributed by atoms with Gasteiger partial charge in [-0.3, -0.25) is 13.7 Å². The maximum Gasteiger partial charge on any atom is 0.269 e. The molecule has 4 heterocycles. The van der Waals surface area contributed by atoms with Gasteiger partial charge in [0.05, 0.1) is 50.2 Å². The molecule has 0 spiro atoms. The Morgan fingerprint density at radius 2 is 1.09 bits per heavy atom. The van der Waals surface area contributed by atoms with Gasteiger partial charge in [0, 0.05) is 39.9 Å². The lowest BCUT2D eigenvalue weighted by Crippen LogP contribution is -2.31. The Morgan fingerprint density at radius 1 is 0.500 bits per heavy atom. The summed E-state index contributed by atoms with van der Waals surface area (Å²) in [6.07, 6.45) is 6.75. The highest BCUT2D eigenvalue weighted by atomic mass is 16.5. The number of benzene rings is 9. The maximum absolute atomic E-state index is 7.15. The van der Waals surface area contributed by atoms with E-state index < -0.39 is 0 Å². The van der Waals surface area contributed by atoms with Gasteiger partial charge in [0.15, 0.2) is 0 Å². The summed E-state index contributed by atoms with van der Waals surface area (Å²) in [5.74, 6) is 2.81. The van der Waals surface area contributed by atoms with E-state index in [1.165, 1.54) is 16.3 Å².